The van der Waals surface area contributed by atoms with Crippen LogP contribution in [0.2, 0.25) is 0 Å². The lowest BCUT2D eigenvalue weighted by molar-refractivity contribution is 0.0945. The first kappa shape index (κ1) is 14.9. The van der Waals surface area contributed by atoms with Gasteiger partial charge in [-0.15, -0.1) is 0 Å². The molecule has 6 nitrogen and oxygen atoms in total. The van der Waals surface area contributed by atoms with Crippen molar-refractivity contribution in [3.8, 4) is 11.4 Å². The maximum absolute atomic E-state index is 12.3. The van der Waals surface area contributed by atoms with Crippen LogP contribution in [0.3, 0.4) is 0 Å². The molecule has 0 aliphatic carbocycles. The van der Waals surface area contributed by atoms with Crippen molar-refractivity contribution in [2.24, 2.45) is 0 Å². The standard InChI is InChI=1S/C17H17N5O/c1-11-8-19-14(9-18-11)10-20-17(23)15-12(2)21-16(22-15)13-6-4-3-5-7-13/h3-9H,10H2,1-2H3,(H,20,23)(H,21,22). The van der Waals surface area contributed by atoms with E-state index in [1.807, 2.05) is 44.2 Å². The summed E-state index contributed by atoms with van der Waals surface area (Å²) in [5.41, 5.74) is 3.62. The molecule has 0 atom stereocenters. The molecule has 0 spiro atoms. The molecule has 0 saturated carbocycles. The van der Waals surface area contributed by atoms with Gasteiger partial charge in [-0.2, -0.15) is 0 Å². The van der Waals surface area contributed by atoms with Crippen LogP contribution >= 0.6 is 0 Å². The van der Waals surface area contributed by atoms with Crippen LogP contribution in [0.15, 0.2) is 42.7 Å². The highest BCUT2D eigenvalue weighted by Crippen LogP contribution is 2.17. The van der Waals surface area contributed by atoms with Crippen molar-refractivity contribution in [1.29, 1.82) is 0 Å². The van der Waals surface area contributed by atoms with Crippen molar-refractivity contribution in [2.45, 2.75) is 20.4 Å². The molecule has 2 aromatic heterocycles. The van der Waals surface area contributed by atoms with Crippen molar-refractivity contribution >= 4 is 5.91 Å². The van der Waals surface area contributed by atoms with Crippen LogP contribution in [0.25, 0.3) is 11.4 Å². The predicted octanol–water partition coefficient (Wildman–Crippen LogP) is 2.41. The molecular formula is C17H17N5O. The molecule has 0 unspecified atom stereocenters. The molecule has 0 fully saturated rings. The summed E-state index contributed by atoms with van der Waals surface area (Å²) < 4.78 is 0. The van der Waals surface area contributed by atoms with Crippen molar-refractivity contribution in [2.75, 3.05) is 0 Å². The van der Waals surface area contributed by atoms with E-state index in [0.717, 1.165) is 17.0 Å². The zero-order chi connectivity index (χ0) is 16.2. The lowest BCUT2D eigenvalue weighted by atomic mass is 10.2. The molecular weight excluding hydrogens is 290 g/mol. The van der Waals surface area contributed by atoms with E-state index in [0.29, 0.717) is 23.8 Å². The SMILES string of the molecule is Cc1cnc(CNC(=O)c2nc(-c3ccccc3)[nH]c2C)cn1. The number of aryl methyl sites for hydroxylation is 2. The Balaban J connectivity index is 1.72. The molecule has 1 aromatic carbocycles. The van der Waals surface area contributed by atoms with Gasteiger partial charge in [0.25, 0.3) is 5.91 Å². The van der Waals surface area contributed by atoms with E-state index >= 15 is 0 Å². The number of imidazole rings is 1. The number of hydrogen-bond acceptors (Lipinski definition) is 4. The molecule has 23 heavy (non-hydrogen) atoms. The third-order valence-corrected chi connectivity index (χ3v) is 3.41. The fourth-order valence-electron chi connectivity index (χ4n) is 2.18. The fraction of sp³-hybridized carbons (Fsp3) is 0.176. The first-order valence-electron chi connectivity index (χ1n) is 7.31. The average Bonchev–Trinajstić information content (AvgIpc) is 2.97. The second-order valence-electron chi connectivity index (χ2n) is 5.26. The number of carbonyl (C=O) groups is 1. The number of nitrogens with zero attached hydrogens (tertiary/aromatic N) is 3. The molecule has 1 amide bonds. The van der Waals surface area contributed by atoms with Crippen LogP contribution in [0, 0.1) is 13.8 Å². The van der Waals surface area contributed by atoms with Gasteiger partial charge >= 0.3 is 0 Å². The Hall–Kier alpha value is -3.02. The molecule has 0 aliphatic rings. The third-order valence-electron chi connectivity index (χ3n) is 3.41. The third kappa shape index (κ3) is 3.42. The molecule has 2 heterocycles. The van der Waals surface area contributed by atoms with Crippen LogP contribution < -0.4 is 5.32 Å². The second-order valence-corrected chi connectivity index (χ2v) is 5.26. The first-order chi connectivity index (χ1) is 11.1. The first-order valence-corrected chi connectivity index (χ1v) is 7.31. The Bertz CT molecular complexity index is 809. The Morgan fingerprint density at radius 3 is 2.61 bits per heavy atom. The maximum Gasteiger partial charge on any atom is 0.272 e. The number of H-pyrrole nitrogens is 1. The van der Waals surface area contributed by atoms with Gasteiger partial charge in [-0.3, -0.25) is 14.8 Å². The molecule has 2 N–H and O–H groups in total. The number of aromatic nitrogens is 4. The molecule has 0 radical (unpaired) electrons. The number of aromatic amines is 1. The zero-order valence-electron chi connectivity index (χ0n) is 13.0. The van der Waals surface area contributed by atoms with Crippen LogP contribution in [0.1, 0.15) is 27.6 Å². The molecule has 6 heteroatoms. The summed E-state index contributed by atoms with van der Waals surface area (Å²) in [5, 5.41) is 2.82. The van der Waals surface area contributed by atoms with Gasteiger partial charge in [0, 0.05) is 17.5 Å². The van der Waals surface area contributed by atoms with Gasteiger partial charge in [-0.25, -0.2) is 4.98 Å². The van der Waals surface area contributed by atoms with E-state index in [2.05, 4.69) is 25.3 Å². The van der Waals surface area contributed by atoms with Gasteiger partial charge in [-0.05, 0) is 13.8 Å². The van der Waals surface area contributed by atoms with Crippen LogP contribution in [0.4, 0.5) is 0 Å². The topological polar surface area (TPSA) is 83.6 Å². The van der Waals surface area contributed by atoms with Crippen molar-refractivity contribution in [1.82, 2.24) is 25.3 Å². The predicted molar refractivity (Wildman–Crippen MR) is 86.7 cm³/mol. The fourth-order valence-corrected chi connectivity index (χ4v) is 2.18. The van der Waals surface area contributed by atoms with E-state index in [1.165, 1.54) is 0 Å². The molecule has 3 aromatic rings. The smallest absolute Gasteiger partial charge is 0.272 e. The van der Waals surface area contributed by atoms with E-state index in [9.17, 15) is 4.79 Å². The molecule has 0 aliphatic heterocycles. The maximum atomic E-state index is 12.3. The summed E-state index contributed by atoms with van der Waals surface area (Å²) >= 11 is 0. The van der Waals surface area contributed by atoms with Gasteiger partial charge < -0.3 is 10.3 Å². The quantitative estimate of drug-likeness (QED) is 0.775. The second kappa shape index (κ2) is 6.39. The number of amides is 1. The monoisotopic (exact) mass is 307 g/mol. The van der Waals surface area contributed by atoms with E-state index in [4.69, 9.17) is 0 Å². The Kier molecular flexibility index (Phi) is 4.14. The van der Waals surface area contributed by atoms with E-state index < -0.39 is 0 Å². The van der Waals surface area contributed by atoms with Crippen LogP contribution in [-0.4, -0.2) is 25.8 Å². The van der Waals surface area contributed by atoms with Gasteiger partial charge in [-0.1, -0.05) is 30.3 Å². The van der Waals surface area contributed by atoms with E-state index in [1.54, 1.807) is 12.4 Å². The number of benzene rings is 1. The molecule has 3 rings (SSSR count). The summed E-state index contributed by atoms with van der Waals surface area (Å²) in [6.45, 7) is 4.02. The van der Waals surface area contributed by atoms with Crippen molar-refractivity contribution in [3.63, 3.8) is 0 Å². The van der Waals surface area contributed by atoms with Gasteiger partial charge in [0.05, 0.1) is 24.1 Å². The highest BCUT2D eigenvalue weighted by molar-refractivity contribution is 5.94. The molecule has 116 valence electrons. The Labute approximate surface area is 134 Å². The number of hydrogen-bond donors (Lipinski definition) is 2. The normalized spacial score (nSPS) is 10.5. The minimum atomic E-state index is -0.233. The largest absolute Gasteiger partial charge is 0.345 e. The number of carbonyl (C=O) groups excluding carboxylic acids is 1. The lowest BCUT2D eigenvalue weighted by Gasteiger charge is -2.03. The summed E-state index contributed by atoms with van der Waals surface area (Å²) in [6.07, 6.45) is 3.33. The number of nitrogens with one attached hydrogen (secondary N) is 2. The van der Waals surface area contributed by atoms with E-state index in [-0.39, 0.29) is 5.91 Å². The van der Waals surface area contributed by atoms with Crippen molar-refractivity contribution < 1.29 is 4.79 Å². The van der Waals surface area contributed by atoms with Gasteiger partial charge in [0.15, 0.2) is 0 Å². The Morgan fingerprint density at radius 1 is 1.13 bits per heavy atom. The highest BCUT2D eigenvalue weighted by Gasteiger charge is 2.15. The summed E-state index contributed by atoms with van der Waals surface area (Å²) in [6, 6.07) is 9.70. The minimum absolute atomic E-state index is 0.233. The van der Waals surface area contributed by atoms with Gasteiger partial charge in [0.1, 0.15) is 11.5 Å². The van der Waals surface area contributed by atoms with Crippen LogP contribution in [0.5, 0.6) is 0 Å². The molecule has 0 bridgehead atoms. The number of rotatable bonds is 4. The van der Waals surface area contributed by atoms with Crippen LogP contribution in [-0.2, 0) is 6.54 Å². The molecule has 0 saturated heterocycles. The minimum Gasteiger partial charge on any atom is -0.345 e. The lowest BCUT2D eigenvalue weighted by Crippen LogP contribution is -2.24. The summed E-state index contributed by atoms with van der Waals surface area (Å²) in [5.74, 6) is 0.451. The average molecular weight is 307 g/mol. The Morgan fingerprint density at radius 2 is 1.91 bits per heavy atom. The van der Waals surface area contributed by atoms with Crippen molar-refractivity contribution in [3.05, 3.63) is 65.5 Å². The zero-order valence-corrected chi connectivity index (χ0v) is 13.0. The van der Waals surface area contributed by atoms with Gasteiger partial charge in [0.2, 0.25) is 0 Å². The summed E-state index contributed by atoms with van der Waals surface area (Å²) in [4.78, 5) is 28.2. The summed E-state index contributed by atoms with van der Waals surface area (Å²) in [7, 11) is 0. The highest BCUT2D eigenvalue weighted by atomic mass is 16.1.